The average molecular weight is 265 g/mol. The van der Waals surface area contributed by atoms with Crippen molar-refractivity contribution in [1.29, 1.82) is 0 Å². The number of aromatic amines is 1. The zero-order valence-electron chi connectivity index (χ0n) is 10.3. The molecule has 1 atom stereocenters. The number of amides is 1. The van der Waals surface area contributed by atoms with E-state index in [9.17, 15) is 13.6 Å². The van der Waals surface area contributed by atoms with Crippen molar-refractivity contribution in [3.63, 3.8) is 0 Å². The largest absolute Gasteiger partial charge is 0.347 e. The molecule has 0 radical (unpaired) electrons. The Labute approximate surface area is 108 Å². The normalized spacial score (nSPS) is 12.2. The number of carbonyl (C=O) groups excluding carboxylic acids is 1. The van der Waals surface area contributed by atoms with Crippen LogP contribution in [0.5, 0.6) is 0 Å². The highest BCUT2D eigenvalue weighted by molar-refractivity contribution is 5.94. The molecule has 0 spiro atoms. The molecule has 0 saturated carbocycles. The lowest BCUT2D eigenvalue weighted by molar-refractivity contribution is 0.0925. The van der Waals surface area contributed by atoms with Gasteiger partial charge in [-0.15, -0.1) is 0 Å². The Bertz CT molecular complexity index is 549. The van der Waals surface area contributed by atoms with Crippen molar-refractivity contribution in [3.8, 4) is 0 Å². The van der Waals surface area contributed by atoms with Crippen molar-refractivity contribution < 1.29 is 13.6 Å². The summed E-state index contributed by atoms with van der Waals surface area (Å²) in [6.45, 7) is 1.84. The van der Waals surface area contributed by atoms with E-state index in [4.69, 9.17) is 0 Å². The number of hydrogen-bond donors (Lipinski definition) is 2. The molecule has 1 aromatic carbocycles. The molecule has 0 fully saturated rings. The molecule has 0 aliphatic heterocycles. The van der Waals surface area contributed by atoms with Gasteiger partial charge >= 0.3 is 0 Å². The number of H-pyrrole nitrogens is 1. The van der Waals surface area contributed by atoms with Crippen molar-refractivity contribution in [3.05, 3.63) is 53.6 Å². The monoisotopic (exact) mass is 265 g/mol. The Balaban J connectivity index is 2.21. The molecule has 0 saturated heterocycles. The van der Waals surface area contributed by atoms with E-state index in [1.54, 1.807) is 12.4 Å². The molecule has 1 aromatic heterocycles. The lowest BCUT2D eigenvalue weighted by atomic mass is 10.1. The van der Waals surface area contributed by atoms with Crippen LogP contribution in [0.4, 0.5) is 8.78 Å². The van der Waals surface area contributed by atoms with Gasteiger partial charge in [0.15, 0.2) is 0 Å². The number of hydrogen-bond acceptors (Lipinski definition) is 2. The van der Waals surface area contributed by atoms with Gasteiger partial charge in [0, 0.05) is 12.4 Å². The fourth-order valence-corrected chi connectivity index (χ4v) is 1.78. The summed E-state index contributed by atoms with van der Waals surface area (Å²) in [5.74, 6) is -2.01. The van der Waals surface area contributed by atoms with Crippen molar-refractivity contribution in [2.24, 2.45) is 0 Å². The van der Waals surface area contributed by atoms with Crippen LogP contribution in [0.3, 0.4) is 0 Å². The molecule has 100 valence electrons. The van der Waals surface area contributed by atoms with Gasteiger partial charge in [-0.25, -0.2) is 13.8 Å². The first-order chi connectivity index (χ1) is 9.13. The summed E-state index contributed by atoms with van der Waals surface area (Å²) >= 11 is 0. The summed E-state index contributed by atoms with van der Waals surface area (Å²) in [4.78, 5) is 18.8. The van der Waals surface area contributed by atoms with Gasteiger partial charge in [0.05, 0.1) is 6.04 Å². The Hall–Kier alpha value is -2.24. The van der Waals surface area contributed by atoms with E-state index in [0.717, 1.165) is 12.1 Å². The predicted molar refractivity (Wildman–Crippen MR) is 65.4 cm³/mol. The zero-order chi connectivity index (χ0) is 13.8. The molecule has 6 heteroatoms. The smallest absolute Gasteiger partial charge is 0.257 e. The van der Waals surface area contributed by atoms with Crippen LogP contribution in [0.2, 0.25) is 0 Å². The third kappa shape index (κ3) is 2.78. The first-order valence-corrected chi connectivity index (χ1v) is 5.87. The molecule has 1 unspecified atom stereocenters. The van der Waals surface area contributed by atoms with Gasteiger partial charge in [-0.2, -0.15) is 0 Å². The minimum Gasteiger partial charge on any atom is -0.347 e. The molecule has 1 amide bonds. The van der Waals surface area contributed by atoms with Crippen molar-refractivity contribution in [1.82, 2.24) is 15.3 Å². The number of nitrogens with one attached hydrogen (secondary N) is 2. The van der Waals surface area contributed by atoms with Gasteiger partial charge in [-0.3, -0.25) is 4.79 Å². The number of carbonyl (C=O) groups is 1. The van der Waals surface area contributed by atoms with Crippen LogP contribution in [0.15, 0.2) is 30.6 Å². The van der Waals surface area contributed by atoms with Gasteiger partial charge in [0.2, 0.25) is 0 Å². The molecule has 0 aliphatic carbocycles. The third-order valence-electron chi connectivity index (χ3n) is 2.75. The third-order valence-corrected chi connectivity index (χ3v) is 2.75. The summed E-state index contributed by atoms with van der Waals surface area (Å²) in [5, 5.41) is 2.55. The number of halogens is 2. The van der Waals surface area contributed by atoms with E-state index in [-0.39, 0.29) is 0 Å². The Morgan fingerprint density at radius 1 is 1.42 bits per heavy atom. The number of benzene rings is 1. The maximum atomic E-state index is 13.5. The van der Waals surface area contributed by atoms with Gasteiger partial charge < -0.3 is 10.3 Å². The second-order valence-electron chi connectivity index (χ2n) is 4.01. The lowest BCUT2D eigenvalue weighted by Crippen LogP contribution is -2.30. The van der Waals surface area contributed by atoms with E-state index in [0.29, 0.717) is 12.2 Å². The Morgan fingerprint density at radius 2 is 2.11 bits per heavy atom. The summed E-state index contributed by atoms with van der Waals surface area (Å²) in [6, 6.07) is 2.89. The first kappa shape index (κ1) is 13.2. The highest BCUT2D eigenvalue weighted by Gasteiger charge is 2.21. The number of aromatic nitrogens is 2. The van der Waals surface area contributed by atoms with Gasteiger partial charge in [-0.1, -0.05) is 13.0 Å². The minimum absolute atomic E-state index is 0.415. The molecule has 19 heavy (non-hydrogen) atoms. The van der Waals surface area contributed by atoms with Crippen molar-refractivity contribution in [2.45, 2.75) is 19.4 Å². The molecular formula is C13H13F2N3O. The summed E-state index contributed by atoms with van der Waals surface area (Å²) in [6.07, 6.45) is 3.72. The summed E-state index contributed by atoms with van der Waals surface area (Å²) in [7, 11) is 0. The Kier molecular flexibility index (Phi) is 3.89. The number of nitrogens with zero attached hydrogens (tertiary/aromatic N) is 1. The lowest BCUT2D eigenvalue weighted by Gasteiger charge is -2.15. The van der Waals surface area contributed by atoms with Crippen LogP contribution < -0.4 is 5.32 Å². The van der Waals surface area contributed by atoms with Crippen LogP contribution in [0, 0.1) is 11.6 Å². The van der Waals surface area contributed by atoms with Gasteiger partial charge in [0.1, 0.15) is 23.0 Å². The molecule has 0 aliphatic rings. The second-order valence-corrected chi connectivity index (χ2v) is 4.01. The van der Waals surface area contributed by atoms with Crippen LogP contribution in [0.25, 0.3) is 0 Å². The molecule has 4 nitrogen and oxygen atoms in total. The van der Waals surface area contributed by atoms with Crippen molar-refractivity contribution >= 4 is 5.91 Å². The topological polar surface area (TPSA) is 57.8 Å². The quantitative estimate of drug-likeness (QED) is 0.892. The summed E-state index contributed by atoms with van der Waals surface area (Å²) < 4.78 is 26.9. The molecular weight excluding hydrogens is 252 g/mol. The SMILES string of the molecule is CCC(NC(=O)c1c(F)cccc1F)c1ncc[nH]1. The van der Waals surface area contributed by atoms with E-state index < -0.39 is 29.1 Å². The number of rotatable bonds is 4. The van der Waals surface area contributed by atoms with Crippen molar-refractivity contribution in [2.75, 3.05) is 0 Å². The highest BCUT2D eigenvalue weighted by atomic mass is 19.1. The average Bonchev–Trinajstić information content (AvgIpc) is 2.89. The fraction of sp³-hybridized carbons (Fsp3) is 0.231. The van der Waals surface area contributed by atoms with Crippen LogP contribution >= 0.6 is 0 Å². The standard InChI is InChI=1S/C13H13F2N3O/c1-2-10(12-16-6-7-17-12)18-13(19)11-8(14)4-3-5-9(11)15/h3-7,10H,2H2,1H3,(H,16,17)(H,18,19). The maximum absolute atomic E-state index is 13.5. The van der Waals surface area contributed by atoms with E-state index in [1.165, 1.54) is 6.07 Å². The fourth-order valence-electron chi connectivity index (χ4n) is 1.78. The second kappa shape index (κ2) is 5.60. The van der Waals surface area contributed by atoms with E-state index in [1.807, 2.05) is 6.92 Å². The van der Waals surface area contributed by atoms with E-state index in [2.05, 4.69) is 15.3 Å². The molecule has 2 rings (SSSR count). The van der Waals surface area contributed by atoms with Crippen LogP contribution in [-0.4, -0.2) is 15.9 Å². The molecule has 2 aromatic rings. The highest BCUT2D eigenvalue weighted by Crippen LogP contribution is 2.16. The minimum atomic E-state index is -0.883. The molecule has 1 heterocycles. The van der Waals surface area contributed by atoms with Crippen LogP contribution in [0.1, 0.15) is 35.6 Å². The predicted octanol–water partition coefficient (Wildman–Crippen LogP) is 2.57. The Morgan fingerprint density at radius 3 is 2.63 bits per heavy atom. The molecule has 2 N–H and O–H groups in total. The zero-order valence-corrected chi connectivity index (χ0v) is 10.3. The summed E-state index contributed by atoms with van der Waals surface area (Å²) in [5.41, 5.74) is -0.576. The maximum Gasteiger partial charge on any atom is 0.257 e. The van der Waals surface area contributed by atoms with Gasteiger partial charge in [0.25, 0.3) is 5.91 Å². The van der Waals surface area contributed by atoms with E-state index >= 15 is 0 Å². The van der Waals surface area contributed by atoms with Crippen LogP contribution in [-0.2, 0) is 0 Å². The number of imidazole rings is 1. The first-order valence-electron chi connectivity index (χ1n) is 5.87. The van der Waals surface area contributed by atoms with Gasteiger partial charge in [-0.05, 0) is 18.6 Å². The molecule has 0 bridgehead atoms.